The number of amides is 1. The molecular weight excluding hydrogens is 326 g/mol. The lowest BCUT2D eigenvalue weighted by Gasteiger charge is -2.31. The van der Waals surface area contributed by atoms with Crippen molar-refractivity contribution in [1.82, 2.24) is 14.7 Å². The minimum atomic E-state index is -0.388. The van der Waals surface area contributed by atoms with Gasteiger partial charge in [-0.15, -0.1) is 11.3 Å². The molecule has 0 N–H and O–H groups in total. The number of ether oxygens (including phenoxy) is 2. The van der Waals surface area contributed by atoms with E-state index in [1.54, 1.807) is 6.20 Å². The van der Waals surface area contributed by atoms with Crippen molar-refractivity contribution in [2.45, 2.75) is 31.1 Å². The molecule has 1 amide bonds. The molecule has 1 spiro atoms. The first-order chi connectivity index (χ1) is 11.7. The third kappa shape index (κ3) is 3.24. The van der Waals surface area contributed by atoms with Crippen LogP contribution >= 0.6 is 11.3 Å². The SMILES string of the molecule is O=C(c1cccs1)N1CCOC[C@]2(CC[C@@H](Cn3cccn3)O2)C1. The van der Waals surface area contributed by atoms with Crippen LogP contribution in [0.15, 0.2) is 36.0 Å². The van der Waals surface area contributed by atoms with Gasteiger partial charge in [0, 0.05) is 18.9 Å². The van der Waals surface area contributed by atoms with Crippen LogP contribution in [0.25, 0.3) is 0 Å². The van der Waals surface area contributed by atoms with Gasteiger partial charge in [0.15, 0.2) is 0 Å². The Morgan fingerprint density at radius 1 is 1.46 bits per heavy atom. The van der Waals surface area contributed by atoms with Crippen LogP contribution in [0.4, 0.5) is 0 Å². The molecule has 2 saturated heterocycles. The number of hydrogen-bond donors (Lipinski definition) is 0. The second kappa shape index (κ2) is 6.66. The second-order valence-electron chi connectivity index (χ2n) is 6.45. The van der Waals surface area contributed by atoms with Crippen molar-refractivity contribution in [1.29, 1.82) is 0 Å². The fraction of sp³-hybridized carbons (Fsp3) is 0.529. The van der Waals surface area contributed by atoms with E-state index in [0.717, 1.165) is 24.3 Å². The number of aromatic nitrogens is 2. The Balaban J connectivity index is 1.45. The van der Waals surface area contributed by atoms with Gasteiger partial charge in [-0.25, -0.2) is 0 Å². The molecule has 2 aromatic heterocycles. The molecule has 0 saturated carbocycles. The lowest BCUT2D eigenvalue weighted by Crippen LogP contribution is -2.46. The highest BCUT2D eigenvalue weighted by Crippen LogP contribution is 2.34. The van der Waals surface area contributed by atoms with Crippen molar-refractivity contribution in [2.75, 3.05) is 26.3 Å². The average Bonchev–Trinajstić information content (AvgIpc) is 3.30. The maximum absolute atomic E-state index is 12.7. The molecule has 2 atom stereocenters. The van der Waals surface area contributed by atoms with E-state index >= 15 is 0 Å². The van der Waals surface area contributed by atoms with Crippen molar-refractivity contribution in [3.63, 3.8) is 0 Å². The first-order valence-electron chi connectivity index (χ1n) is 8.30. The maximum Gasteiger partial charge on any atom is 0.264 e. The summed E-state index contributed by atoms with van der Waals surface area (Å²) in [7, 11) is 0. The van der Waals surface area contributed by atoms with Gasteiger partial charge >= 0.3 is 0 Å². The van der Waals surface area contributed by atoms with Crippen molar-refractivity contribution < 1.29 is 14.3 Å². The molecule has 0 aliphatic carbocycles. The topological polar surface area (TPSA) is 56.6 Å². The highest BCUT2D eigenvalue weighted by atomic mass is 32.1. The van der Waals surface area contributed by atoms with E-state index in [0.29, 0.717) is 26.3 Å². The molecule has 128 valence electrons. The molecule has 0 bridgehead atoms. The zero-order valence-electron chi connectivity index (χ0n) is 13.5. The Hall–Kier alpha value is -1.70. The van der Waals surface area contributed by atoms with Crippen molar-refractivity contribution in [3.05, 3.63) is 40.8 Å². The zero-order valence-corrected chi connectivity index (χ0v) is 14.3. The average molecular weight is 347 g/mol. The molecule has 0 radical (unpaired) electrons. The lowest BCUT2D eigenvalue weighted by atomic mass is 10.00. The van der Waals surface area contributed by atoms with Crippen molar-refractivity contribution in [3.8, 4) is 0 Å². The van der Waals surface area contributed by atoms with Gasteiger partial charge in [-0.3, -0.25) is 9.48 Å². The van der Waals surface area contributed by atoms with Gasteiger partial charge < -0.3 is 14.4 Å². The number of nitrogens with zero attached hydrogens (tertiary/aromatic N) is 3. The summed E-state index contributed by atoms with van der Waals surface area (Å²) < 4.78 is 14.0. The summed E-state index contributed by atoms with van der Waals surface area (Å²) in [4.78, 5) is 15.4. The van der Waals surface area contributed by atoms with Crippen LogP contribution in [-0.4, -0.2) is 58.6 Å². The van der Waals surface area contributed by atoms with Gasteiger partial charge in [0.2, 0.25) is 0 Å². The number of hydrogen-bond acceptors (Lipinski definition) is 5. The van der Waals surface area contributed by atoms with E-state index < -0.39 is 0 Å². The van der Waals surface area contributed by atoms with Gasteiger partial charge in [0.1, 0.15) is 5.60 Å². The third-order valence-electron chi connectivity index (χ3n) is 4.66. The molecule has 0 aromatic carbocycles. The van der Waals surface area contributed by atoms with Crippen molar-refractivity contribution in [2.24, 2.45) is 0 Å². The van der Waals surface area contributed by atoms with Gasteiger partial charge in [0.05, 0.1) is 37.3 Å². The standard InChI is InChI=1S/C17H21N3O3S/c21-16(15-3-1-10-24-15)19-8-9-22-13-17(12-19)5-4-14(23-17)11-20-7-2-6-18-20/h1-3,6-7,10,14H,4-5,8-9,11-13H2/t14-,17-/m0/s1. The smallest absolute Gasteiger partial charge is 0.264 e. The largest absolute Gasteiger partial charge is 0.377 e. The van der Waals surface area contributed by atoms with Crippen molar-refractivity contribution >= 4 is 17.2 Å². The molecule has 2 aliphatic heterocycles. The monoisotopic (exact) mass is 347 g/mol. The highest BCUT2D eigenvalue weighted by Gasteiger charge is 2.44. The Labute approximate surface area is 145 Å². The number of carbonyl (C=O) groups excluding carboxylic acids is 1. The summed E-state index contributed by atoms with van der Waals surface area (Å²) in [5.41, 5.74) is -0.388. The Bertz CT molecular complexity index is 673. The highest BCUT2D eigenvalue weighted by molar-refractivity contribution is 7.12. The summed E-state index contributed by atoms with van der Waals surface area (Å²) in [5, 5.41) is 6.19. The van der Waals surface area contributed by atoms with E-state index in [4.69, 9.17) is 9.47 Å². The molecule has 4 heterocycles. The summed E-state index contributed by atoms with van der Waals surface area (Å²) in [5.74, 6) is 0.0778. The van der Waals surface area contributed by atoms with E-state index in [2.05, 4.69) is 5.10 Å². The Morgan fingerprint density at radius 3 is 3.21 bits per heavy atom. The normalized spacial score (nSPS) is 27.5. The van der Waals surface area contributed by atoms with Crippen LogP contribution in [0.1, 0.15) is 22.5 Å². The molecular formula is C17H21N3O3S. The van der Waals surface area contributed by atoms with Crippen LogP contribution in [-0.2, 0) is 16.0 Å². The minimum absolute atomic E-state index is 0.0778. The molecule has 7 heteroatoms. The van der Waals surface area contributed by atoms with E-state index in [-0.39, 0.29) is 17.6 Å². The summed E-state index contributed by atoms with van der Waals surface area (Å²) in [6, 6.07) is 5.70. The first-order valence-corrected chi connectivity index (χ1v) is 9.18. The van der Waals surface area contributed by atoms with Gasteiger partial charge in [-0.2, -0.15) is 5.10 Å². The molecule has 4 rings (SSSR count). The number of thiophene rings is 1. The molecule has 2 aromatic rings. The van der Waals surface area contributed by atoms with Gasteiger partial charge in [0.25, 0.3) is 5.91 Å². The van der Waals surface area contributed by atoms with E-state index in [9.17, 15) is 4.79 Å². The zero-order chi connectivity index (χ0) is 16.4. The van der Waals surface area contributed by atoms with E-state index in [1.807, 2.05) is 39.4 Å². The van der Waals surface area contributed by atoms with Crippen LogP contribution < -0.4 is 0 Å². The Kier molecular flexibility index (Phi) is 4.39. The third-order valence-corrected chi connectivity index (χ3v) is 5.52. The maximum atomic E-state index is 12.7. The fourth-order valence-electron chi connectivity index (χ4n) is 3.50. The fourth-order valence-corrected chi connectivity index (χ4v) is 4.19. The molecule has 6 nitrogen and oxygen atoms in total. The lowest BCUT2D eigenvalue weighted by molar-refractivity contribution is -0.0880. The van der Waals surface area contributed by atoms with Crippen LogP contribution in [0, 0.1) is 0 Å². The van der Waals surface area contributed by atoms with Gasteiger partial charge in [-0.1, -0.05) is 6.07 Å². The van der Waals surface area contributed by atoms with E-state index in [1.165, 1.54) is 11.3 Å². The summed E-state index contributed by atoms with van der Waals surface area (Å²) >= 11 is 1.48. The van der Waals surface area contributed by atoms with Crippen LogP contribution in [0.3, 0.4) is 0 Å². The van der Waals surface area contributed by atoms with Crippen LogP contribution in [0.5, 0.6) is 0 Å². The predicted molar refractivity (Wildman–Crippen MR) is 90.1 cm³/mol. The second-order valence-corrected chi connectivity index (χ2v) is 7.39. The Morgan fingerprint density at radius 2 is 2.42 bits per heavy atom. The van der Waals surface area contributed by atoms with Gasteiger partial charge in [-0.05, 0) is 30.4 Å². The predicted octanol–water partition coefficient (Wildman–Crippen LogP) is 2.03. The first kappa shape index (κ1) is 15.8. The molecule has 2 aliphatic rings. The minimum Gasteiger partial charge on any atom is -0.377 e. The van der Waals surface area contributed by atoms with Crippen LogP contribution in [0.2, 0.25) is 0 Å². The molecule has 0 unspecified atom stereocenters. The quantitative estimate of drug-likeness (QED) is 0.853. The molecule has 24 heavy (non-hydrogen) atoms. The number of rotatable bonds is 3. The number of carbonyl (C=O) groups is 1. The summed E-state index contributed by atoms with van der Waals surface area (Å²) in [6.45, 7) is 3.07. The summed E-state index contributed by atoms with van der Waals surface area (Å²) in [6.07, 6.45) is 5.72. The molecule has 2 fully saturated rings.